The molecule has 0 radical (unpaired) electrons. The van der Waals surface area contributed by atoms with Crippen molar-refractivity contribution in [2.24, 2.45) is 0 Å². The van der Waals surface area contributed by atoms with Crippen LogP contribution in [-0.4, -0.2) is 12.3 Å². The van der Waals surface area contributed by atoms with Crippen molar-refractivity contribution in [2.75, 3.05) is 0 Å². The molecule has 1 aromatic rings. The van der Waals surface area contributed by atoms with E-state index in [1.807, 2.05) is 6.07 Å². The lowest BCUT2D eigenvalue weighted by molar-refractivity contribution is -0.131. The van der Waals surface area contributed by atoms with Crippen LogP contribution in [0.25, 0.3) is 0 Å². The highest BCUT2D eigenvalue weighted by Crippen LogP contribution is 2.15. The van der Waals surface area contributed by atoms with Gasteiger partial charge in [0.05, 0.1) is 0 Å². The van der Waals surface area contributed by atoms with E-state index in [9.17, 15) is 13.6 Å². The largest absolute Gasteiger partial charge is 0.347 e. The van der Waals surface area contributed by atoms with Crippen LogP contribution >= 0.6 is 15.9 Å². The highest BCUT2D eigenvalue weighted by molar-refractivity contribution is 9.10. The quantitative estimate of drug-likeness (QED) is 0.891. The van der Waals surface area contributed by atoms with E-state index in [0.717, 1.165) is 10.0 Å². The number of hydrogen-bond acceptors (Lipinski definition) is 1. The summed E-state index contributed by atoms with van der Waals surface area (Å²) in [6.07, 6.45) is -2.96. The third-order valence-electron chi connectivity index (χ3n) is 1.61. The lowest BCUT2D eigenvalue weighted by atomic mass is 10.2. The Morgan fingerprint density at radius 3 is 2.64 bits per heavy atom. The molecular formula is C9H8BrF2NO. The van der Waals surface area contributed by atoms with E-state index >= 15 is 0 Å². The number of alkyl halides is 2. The van der Waals surface area contributed by atoms with Crippen molar-refractivity contribution in [1.82, 2.24) is 5.32 Å². The predicted molar refractivity (Wildman–Crippen MR) is 52.0 cm³/mol. The number of hydrogen-bond donors (Lipinski definition) is 1. The average Bonchev–Trinajstić information content (AvgIpc) is 2.16. The number of benzene rings is 1. The Morgan fingerprint density at radius 1 is 1.43 bits per heavy atom. The van der Waals surface area contributed by atoms with Gasteiger partial charge < -0.3 is 5.32 Å². The van der Waals surface area contributed by atoms with Crippen LogP contribution in [0, 0.1) is 0 Å². The Bertz CT molecular complexity index is 330. The zero-order valence-electron chi connectivity index (χ0n) is 7.14. The molecule has 0 saturated heterocycles. The fourth-order valence-electron chi connectivity index (χ4n) is 0.901. The minimum Gasteiger partial charge on any atom is -0.347 e. The van der Waals surface area contributed by atoms with Gasteiger partial charge in [-0.3, -0.25) is 4.79 Å². The Morgan fingerprint density at radius 2 is 2.07 bits per heavy atom. The molecule has 0 heterocycles. The summed E-state index contributed by atoms with van der Waals surface area (Å²) in [5.74, 6) is -1.25. The molecule has 0 aliphatic carbocycles. The minimum absolute atomic E-state index is 0.102. The van der Waals surface area contributed by atoms with Crippen molar-refractivity contribution in [3.63, 3.8) is 0 Å². The molecule has 0 spiro atoms. The predicted octanol–water partition coefficient (Wildman–Crippen LogP) is 2.33. The first-order valence-corrected chi connectivity index (χ1v) is 4.70. The first kappa shape index (κ1) is 11.1. The lowest BCUT2D eigenvalue weighted by Gasteiger charge is -2.05. The average molecular weight is 264 g/mol. The number of halogens is 3. The van der Waals surface area contributed by atoms with E-state index in [1.54, 1.807) is 18.2 Å². The van der Waals surface area contributed by atoms with Crippen LogP contribution in [0.3, 0.4) is 0 Å². The Kier molecular flexibility index (Phi) is 4.00. The number of nitrogens with one attached hydrogen (secondary N) is 1. The standard InChI is InChI=1S/C9H8BrF2NO/c10-7-4-2-1-3-6(7)5-13-9(14)8(11)12/h1-4,8H,5H2,(H,13,14). The lowest BCUT2D eigenvalue weighted by Crippen LogP contribution is -2.28. The number of amides is 1. The zero-order valence-corrected chi connectivity index (χ0v) is 8.72. The van der Waals surface area contributed by atoms with Crippen LogP contribution in [0.1, 0.15) is 5.56 Å². The van der Waals surface area contributed by atoms with Gasteiger partial charge in [-0.15, -0.1) is 0 Å². The molecule has 14 heavy (non-hydrogen) atoms. The third-order valence-corrected chi connectivity index (χ3v) is 2.38. The van der Waals surface area contributed by atoms with Crippen molar-refractivity contribution < 1.29 is 13.6 Å². The molecule has 1 rings (SSSR count). The van der Waals surface area contributed by atoms with Crippen molar-refractivity contribution >= 4 is 21.8 Å². The molecular weight excluding hydrogens is 256 g/mol. The molecule has 0 atom stereocenters. The Balaban J connectivity index is 2.54. The third kappa shape index (κ3) is 3.06. The van der Waals surface area contributed by atoms with Crippen LogP contribution in [0.15, 0.2) is 28.7 Å². The Labute approximate surface area is 88.4 Å². The SMILES string of the molecule is O=C(NCc1ccccc1Br)C(F)F. The second-order valence-corrected chi connectivity index (χ2v) is 3.46. The van der Waals surface area contributed by atoms with Gasteiger partial charge in [-0.2, -0.15) is 8.78 Å². The van der Waals surface area contributed by atoms with Gasteiger partial charge in [0.15, 0.2) is 0 Å². The molecule has 0 aromatic heterocycles. The molecule has 0 aliphatic rings. The number of carbonyl (C=O) groups excluding carboxylic acids is 1. The maximum absolute atomic E-state index is 11.8. The first-order valence-electron chi connectivity index (χ1n) is 3.90. The summed E-state index contributed by atoms with van der Waals surface area (Å²) in [4.78, 5) is 10.6. The van der Waals surface area contributed by atoms with Gasteiger partial charge in [-0.05, 0) is 11.6 Å². The van der Waals surface area contributed by atoms with E-state index < -0.39 is 12.3 Å². The maximum atomic E-state index is 11.8. The van der Waals surface area contributed by atoms with E-state index in [4.69, 9.17) is 0 Å². The number of carbonyl (C=O) groups is 1. The molecule has 0 saturated carbocycles. The molecule has 0 bridgehead atoms. The second kappa shape index (κ2) is 5.05. The molecule has 76 valence electrons. The Hall–Kier alpha value is -0.970. The van der Waals surface area contributed by atoms with Crippen molar-refractivity contribution in [2.45, 2.75) is 13.0 Å². The molecule has 0 aliphatic heterocycles. The van der Waals surface area contributed by atoms with Crippen molar-refractivity contribution in [3.8, 4) is 0 Å². The van der Waals surface area contributed by atoms with Gasteiger partial charge in [-0.1, -0.05) is 34.1 Å². The van der Waals surface area contributed by atoms with E-state index in [1.165, 1.54) is 0 Å². The first-order chi connectivity index (χ1) is 6.61. The molecule has 0 fully saturated rings. The summed E-state index contributed by atoms with van der Waals surface area (Å²) in [6, 6.07) is 7.11. The van der Waals surface area contributed by atoms with Crippen LogP contribution in [0.5, 0.6) is 0 Å². The molecule has 0 unspecified atom stereocenters. The van der Waals surface area contributed by atoms with Gasteiger partial charge in [0.2, 0.25) is 0 Å². The molecule has 5 heteroatoms. The van der Waals surface area contributed by atoms with Gasteiger partial charge in [-0.25, -0.2) is 0 Å². The van der Waals surface area contributed by atoms with Crippen LogP contribution in [-0.2, 0) is 11.3 Å². The topological polar surface area (TPSA) is 29.1 Å². The fraction of sp³-hybridized carbons (Fsp3) is 0.222. The summed E-state index contributed by atoms with van der Waals surface area (Å²) >= 11 is 3.24. The normalized spacial score (nSPS) is 10.3. The van der Waals surface area contributed by atoms with Crippen LogP contribution in [0.2, 0.25) is 0 Å². The van der Waals surface area contributed by atoms with Crippen molar-refractivity contribution in [3.05, 3.63) is 34.3 Å². The minimum atomic E-state index is -2.96. The summed E-state index contributed by atoms with van der Waals surface area (Å²) in [5.41, 5.74) is 0.765. The van der Waals surface area contributed by atoms with E-state index in [0.29, 0.717) is 0 Å². The molecule has 1 aromatic carbocycles. The maximum Gasteiger partial charge on any atom is 0.315 e. The van der Waals surface area contributed by atoms with Crippen molar-refractivity contribution in [1.29, 1.82) is 0 Å². The van der Waals surface area contributed by atoms with E-state index in [2.05, 4.69) is 21.2 Å². The van der Waals surface area contributed by atoms with Crippen LogP contribution < -0.4 is 5.32 Å². The molecule has 1 N–H and O–H groups in total. The highest BCUT2D eigenvalue weighted by atomic mass is 79.9. The van der Waals surface area contributed by atoms with Crippen LogP contribution in [0.4, 0.5) is 8.78 Å². The summed E-state index contributed by atoms with van der Waals surface area (Å²) in [7, 11) is 0. The van der Waals surface area contributed by atoms with Gasteiger partial charge in [0.25, 0.3) is 5.91 Å². The fourth-order valence-corrected chi connectivity index (χ4v) is 1.33. The second-order valence-electron chi connectivity index (χ2n) is 2.61. The number of rotatable bonds is 3. The zero-order chi connectivity index (χ0) is 10.6. The monoisotopic (exact) mass is 263 g/mol. The summed E-state index contributed by atoms with van der Waals surface area (Å²) in [5, 5.41) is 2.12. The molecule has 2 nitrogen and oxygen atoms in total. The van der Waals surface area contributed by atoms with Gasteiger partial charge in [0.1, 0.15) is 0 Å². The summed E-state index contributed by atoms with van der Waals surface area (Å²) in [6.45, 7) is 0.102. The van der Waals surface area contributed by atoms with E-state index in [-0.39, 0.29) is 6.54 Å². The van der Waals surface area contributed by atoms with Gasteiger partial charge >= 0.3 is 6.43 Å². The van der Waals surface area contributed by atoms with Gasteiger partial charge in [0, 0.05) is 11.0 Å². The highest BCUT2D eigenvalue weighted by Gasteiger charge is 2.14. The molecule has 1 amide bonds. The summed E-state index contributed by atoms with van der Waals surface area (Å²) < 4.78 is 24.4. The smallest absolute Gasteiger partial charge is 0.315 e.